The van der Waals surface area contributed by atoms with E-state index in [0.29, 0.717) is 16.5 Å². The maximum Gasteiger partial charge on any atom is 0.261 e. The zero-order valence-corrected chi connectivity index (χ0v) is 14.6. The molecule has 0 aliphatic carbocycles. The number of hydrogen-bond donors (Lipinski definition) is 2. The van der Waals surface area contributed by atoms with Gasteiger partial charge in [-0.25, -0.2) is 4.98 Å². The summed E-state index contributed by atoms with van der Waals surface area (Å²) in [6, 6.07) is 4.69. The first-order chi connectivity index (χ1) is 12.5. The highest BCUT2D eigenvalue weighted by atomic mass is 32.1. The number of thiazole rings is 1. The molecule has 0 radical (unpaired) electrons. The third-order valence-corrected chi connectivity index (χ3v) is 4.23. The quantitative estimate of drug-likeness (QED) is 0.676. The van der Waals surface area contributed by atoms with Gasteiger partial charge in [0.15, 0.2) is 5.69 Å². The second kappa shape index (κ2) is 7.23. The molecule has 0 fully saturated rings. The first-order valence-corrected chi connectivity index (χ1v) is 8.15. The van der Waals surface area contributed by atoms with E-state index in [9.17, 15) is 9.59 Å². The summed E-state index contributed by atoms with van der Waals surface area (Å²) in [5, 5.41) is 8.46. The van der Waals surface area contributed by atoms with Crippen molar-refractivity contribution in [2.24, 2.45) is 5.73 Å². The molecule has 0 aliphatic rings. The lowest BCUT2D eigenvalue weighted by Crippen LogP contribution is -2.18. The van der Waals surface area contributed by atoms with Gasteiger partial charge in [-0.3, -0.25) is 14.9 Å². The monoisotopic (exact) mass is 374 g/mol. The minimum absolute atomic E-state index is 0.0548. The summed E-state index contributed by atoms with van der Waals surface area (Å²) < 4.78 is 15.4. The highest BCUT2D eigenvalue weighted by Gasteiger charge is 2.26. The molecule has 0 aliphatic heterocycles. The molecule has 0 saturated heterocycles. The highest BCUT2D eigenvalue weighted by molar-refractivity contribution is 7.13. The first kappa shape index (κ1) is 17.4. The lowest BCUT2D eigenvalue weighted by molar-refractivity contribution is 0.100. The van der Waals surface area contributed by atoms with Crippen LogP contribution in [-0.4, -0.2) is 36.2 Å². The number of nitrogens with two attached hydrogens (primary N) is 1. The standard InChI is InChI=1S/C16H14N4O5S/c1-23-8-3-4-9(10(7-8)24-2)14(22)19-15-11(13(17)21)12(20-25-15)16-18-5-6-26-16/h3-7H,1-2H3,(H2,17,21)(H,19,22). The van der Waals surface area contributed by atoms with E-state index < -0.39 is 11.8 Å². The minimum atomic E-state index is -0.798. The molecule has 3 aromatic rings. The Labute approximate surface area is 151 Å². The van der Waals surface area contributed by atoms with Crippen LogP contribution in [0.1, 0.15) is 20.7 Å². The Bertz CT molecular complexity index is 952. The Kier molecular flexibility index (Phi) is 4.85. The Morgan fingerprint density at radius 3 is 2.69 bits per heavy atom. The first-order valence-electron chi connectivity index (χ1n) is 7.27. The van der Waals surface area contributed by atoms with Crippen LogP contribution in [0.25, 0.3) is 10.7 Å². The number of aromatic nitrogens is 2. The smallest absolute Gasteiger partial charge is 0.261 e. The van der Waals surface area contributed by atoms with Gasteiger partial charge in [-0.1, -0.05) is 5.16 Å². The van der Waals surface area contributed by atoms with Gasteiger partial charge < -0.3 is 19.7 Å². The van der Waals surface area contributed by atoms with Crippen LogP contribution in [0.2, 0.25) is 0 Å². The Hall–Kier alpha value is -3.40. The molecular formula is C16H14N4O5S. The summed E-state index contributed by atoms with van der Waals surface area (Å²) in [4.78, 5) is 28.5. The van der Waals surface area contributed by atoms with Gasteiger partial charge in [0.25, 0.3) is 11.8 Å². The van der Waals surface area contributed by atoms with Gasteiger partial charge in [-0.2, -0.15) is 0 Å². The minimum Gasteiger partial charge on any atom is -0.497 e. The van der Waals surface area contributed by atoms with Crippen LogP contribution in [0.4, 0.5) is 5.88 Å². The third kappa shape index (κ3) is 3.22. The van der Waals surface area contributed by atoms with Gasteiger partial charge in [0.1, 0.15) is 22.1 Å². The number of ether oxygens (including phenoxy) is 2. The number of primary amides is 1. The third-order valence-electron chi connectivity index (χ3n) is 3.45. The number of carbonyl (C=O) groups excluding carboxylic acids is 2. The van der Waals surface area contributed by atoms with E-state index in [1.165, 1.54) is 31.6 Å². The van der Waals surface area contributed by atoms with Crippen LogP contribution < -0.4 is 20.5 Å². The molecule has 0 unspecified atom stereocenters. The molecule has 3 N–H and O–H groups in total. The van der Waals surface area contributed by atoms with E-state index in [2.05, 4.69) is 15.5 Å². The highest BCUT2D eigenvalue weighted by Crippen LogP contribution is 2.31. The van der Waals surface area contributed by atoms with Crippen molar-refractivity contribution in [2.45, 2.75) is 0 Å². The number of anilines is 1. The van der Waals surface area contributed by atoms with Gasteiger partial charge >= 0.3 is 0 Å². The molecule has 0 bridgehead atoms. The van der Waals surface area contributed by atoms with Crippen LogP contribution in [-0.2, 0) is 0 Å². The number of amides is 2. The van der Waals surface area contributed by atoms with Crippen LogP contribution in [0.3, 0.4) is 0 Å². The summed E-state index contributed by atoms with van der Waals surface area (Å²) in [5.41, 5.74) is 5.75. The molecule has 0 saturated carbocycles. The van der Waals surface area contributed by atoms with Crippen molar-refractivity contribution in [1.82, 2.24) is 10.1 Å². The molecule has 2 amide bonds. The average molecular weight is 374 g/mol. The Balaban J connectivity index is 1.94. The van der Waals surface area contributed by atoms with Crippen LogP contribution >= 0.6 is 11.3 Å². The van der Waals surface area contributed by atoms with Gasteiger partial charge in [-0.05, 0) is 12.1 Å². The molecule has 0 spiro atoms. The average Bonchev–Trinajstić information content (AvgIpc) is 3.30. The lowest BCUT2D eigenvalue weighted by Gasteiger charge is -2.09. The van der Waals surface area contributed by atoms with Crippen LogP contribution in [0.15, 0.2) is 34.3 Å². The maximum absolute atomic E-state index is 12.6. The zero-order valence-electron chi connectivity index (χ0n) is 13.8. The summed E-state index contributed by atoms with van der Waals surface area (Å²) in [5.74, 6) is -0.697. The largest absolute Gasteiger partial charge is 0.497 e. The number of methoxy groups -OCH3 is 2. The van der Waals surface area contributed by atoms with Crippen molar-refractivity contribution in [2.75, 3.05) is 19.5 Å². The Morgan fingerprint density at radius 2 is 2.08 bits per heavy atom. The molecule has 10 heteroatoms. The van der Waals surface area contributed by atoms with Crippen molar-refractivity contribution in [3.63, 3.8) is 0 Å². The molecule has 2 aromatic heterocycles. The van der Waals surface area contributed by atoms with E-state index >= 15 is 0 Å². The van der Waals surface area contributed by atoms with E-state index in [1.54, 1.807) is 23.7 Å². The Morgan fingerprint density at radius 1 is 1.27 bits per heavy atom. The predicted molar refractivity (Wildman–Crippen MR) is 93.6 cm³/mol. The van der Waals surface area contributed by atoms with Gasteiger partial charge in [-0.15, -0.1) is 11.3 Å². The number of nitrogens with one attached hydrogen (secondary N) is 1. The maximum atomic E-state index is 12.6. The van der Waals surface area contributed by atoms with Gasteiger partial charge in [0, 0.05) is 17.6 Å². The van der Waals surface area contributed by atoms with Crippen molar-refractivity contribution in [1.29, 1.82) is 0 Å². The number of nitrogens with zero attached hydrogens (tertiary/aromatic N) is 2. The summed E-state index contributed by atoms with van der Waals surface area (Å²) in [6.07, 6.45) is 1.56. The predicted octanol–water partition coefficient (Wildman–Crippen LogP) is 2.17. The molecule has 0 atom stereocenters. The van der Waals surface area contributed by atoms with Crippen molar-refractivity contribution < 1.29 is 23.6 Å². The number of rotatable bonds is 6. The number of hydrogen-bond acceptors (Lipinski definition) is 8. The number of benzene rings is 1. The molecule has 26 heavy (non-hydrogen) atoms. The fourth-order valence-electron chi connectivity index (χ4n) is 2.25. The van der Waals surface area contributed by atoms with E-state index in [4.69, 9.17) is 19.7 Å². The molecule has 134 valence electrons. The van der Waals surface area contributed by atoms with Crippen LogP contribution in [0, 0.1) is 0 Å². The topological polar surface area (TPSA) is 130 Å². The molecule has 9 nitrogen and oxygen atoms in total. The van der Waals surface area contributed by atoms with E-state index in [-0.39, 0.29) is 22.7 Å². The van der Waals surface area contributed by atoms with Crippen LogP contribution in [0.5, 0.6) is 11.5 Å². The second-order valence-electron chi connectivity index (χ2n) is 4.96. The SMILES string of the molecule is COc1ccc(C(=O)Nc2onc(-c3nccs3)c2C(N)=O)c(OC)c1. The fraction of sp³-hybridized carbons (Fsp3) is 0.125. The van der Waals surface area contributed by atoms with Gasteiger partial charge in [0.2, 0.25) is 5.88 Å². The van der Waals surface area contributed by atoms with E-state index in [0.717, 1.165) is 0 Å². The van der Waals surface area contributed by atoms with Crippen molar-refractivity contribution in [3.05, 3.63) is 40.9 Å². The molecule has 1 aromatic carbocycles. The van der Waals surface area contributed by atoms with Crippen molar-refractivity contribution in [3.8, 4) is 22.2 Å². The molecule has 3 rings (SSSR count). The lowest BCUT2D eigenvalue weighted by atomic mass is 10.1. The summed E-state index contributed by atoms with van der Waals surface area (Å²) in [6.45, 7) is 0. The zero-order chi connectivity index (χ0) is 18.7. The molecular weight excluding hydrogens is 360 g/mol. The fourth-order valence-corrected chi connectivity index (χ4v) is 2.87. The van der Waals surface area contributed by atoms with Gasteiger partial charge in [0.05, 0.1) is 19.8 Å². The molecule has 2 heterocycles. The normalized spacial score (nSPS) is 10.4. The summed E-state index contributed by atoms with van der Waals surface area (Å²) in [7, 11) is 2.93. The summed E-state index contributed by atoms with van der Waals surface area (Å²) >= 11 is 1.26. The van der Waals surface area contributed by atoms with Crippen molar-refractivity contribution >= 4 is 29.0 Å². The number of carbonyl (C=O) groups is 2. The second-order valence-corrected chi connectivity index (χ2v) is 5.85. The van der Waals surface area contributed by atoms with E-state index in [1.807, 2.05) is 0 Å².